The normalized spacial score (nSPS) is 10.8. The summed E-state index contributed by atoms with van der Waals surface area (Å²) in [6.07, 6.45) is 35.5. The van der Waals surface area contributed by atoms with Gasteiger partial charge in [0.05, 0.1) is 13.2 Å². The smallest absolute Gasteiger partial charge is 0.449 e. The van der Waals surface area contributed by atoms with Crippen molar-refractivity contribution >= 4 is 12.3 Å². The SMILES string of the molecule is CCCCCCCCCCCCCCCCOOCCCCCCCCCCCCCCCC.O=C(O)OC(=O)O. The predicted molar refractivity (Wildman–Crippen MR) is 170 cm³/mol. The monoisotopic (exact) mass is 588 g/mol. The molecule has 0 spiro atoms. The summed E-state index contributed by atoms with van der Waals surface area (Å²) in [7, 11) is 0. The van der Waals surface area contributed by atoms with Crippen LogP contribution in [0.3, 0.4) is 0 Å². The van der Waals surface area contributed by atoms with Gasteiger partial charge in [-0.25, -0.2) is 19.4 Å². The van der Waals surface area contributed by atoms with E-state index in [9.17, 15) is 9.59 Å². The summed E-state index contributed by atoms with van der Waals surface area (Å²) in [5, 5.41) is 15.0. The van der Waals surface area contributed by atoms with Gasteiger partial charge >= 0.3 is 12.3 Å². The lowest BCUT2D eigenvalue weighted by molar-refractivity contribution is -0.295. The molecule has 2 N–H and O–H groups in total. The number of rotatable bonds is 31. The summed E-state index contributed by atoms with van der Waals surface area (Å²) in [6.45, 7) is 6.14. The van der Waals surface area contributed by atoms with Crippen molar-refractivity contribution < 1.29 is 34.3 Å². The van der Waals surface area contributed by atoms with Gasteiger partial charge in [0, 0.05) is 0 Å². The van der Waals surface area contributed by atoms with Crippen molar-refractivity contribution in [2.45, 2.75) is 194 Å². The fraction of sp³-hybridized carbons (Fsp3) is 0.941. The van der Waals surface area contributed by atoms with Crippen molar-refractivity contribution in [3.63, 3.8) is 0 Å². The van der Waals surface area contributed by atoms with E-state index in [0.29, 0.717) is 0 Å². The third-order valence-corrected chi connectivity index (χ3v) is 7.42. The molecule has 0 fully saturated rings. The van der Waals surface area contributed by atoms with Crippen LogP contribution in [0.2, 0.25) is 0 Å². The van der Waals surface area contributed by atoms with Gasteiger partial charge in [0.2, 0.25) is 0 Å². The summed E-state index contributed by atoms with van der Waals surface area (Å²) in [6, 6.07) is 0. The number of ether oxygens (including phenoxy) is 1. The second kappa shape index (κ2) is 38.7. The zero-order chi connectivity index (χ0) is 30.5. The van der Waals surface area contributed by atoms with Crippen LogP contribution in [0.4, 0.5) is 9.59 Å². The van der Waals surface area contributed by atoms with Crippen molar-refractivity contribution in [3.05, 3.63) is 0 Å². The Kier molecular flexibility index (Phi) is 39.4. The van der Waals surface area contributed by atoms with Crippen LogP contribution < -0.4 is 0 Å². The molecule has 246 valence electrons. The maximum Gasteiger partial charge on any atom is 0.516 e. The second-order valence-electron chi connectivity index (χ2n) is 11.5. The Morgan fingerprint density at radius 1 is 0.366 bits per heavy atom. The maximum atomic E-state index is 9.21. The van der Waals surface area contributed by atoms with E-state index in [1.165, 1.54) is 167 Å². The molecule has 0 radical (unpaired) electrons. The minimum Gasteiger partial charge on any atom is -0.449 e. The molecule has 7 heteroatoms. The fourth-order valence-electron chi connectivity index (χ4n) is 4.90. The Balaban J connectivity index is 0. The molecule has 0 aliphatic carbocycles. The summed E-state index contributed by atoms with van der Waals surface area (Å²) in [4.78, 5) is 29.1. The van der Waals surface area contributed by atoms with Gasteiger partial charge in [-0.2, -0.15) is 0 Å². The zero-order valence-electron chi connectivity index (χ0n) is 27.1. The molecule has 0 saturated heterocycles. The van der Waals surface area contributed by atoms with E-state index in [1.54, 1.807) is 0 Å². The van der Waals surface area contributed by atoms with Crippen molar-refractivity contribution in [2.75, 3.05) is 13.2 Å². The lowest BCUT2D eigenvalue weighted by Gasteiger charge is -2.05. The Hall–Kier alpha value is -1.34. The first-order valence-electron chi connectivity index (χ1n) is 17.4. The minimum absolute atomic E-state index is 0.774. The van der Waals surface area contributed by atoms with Crippen molar-refractivity contribution in [2.24, 2.45) is 0 Å². The van der Waals surface area contributed by atoms with Gasteiger partial charge in [0.1, 0.15) is 0 Å². The van der Waals surface area contributed by atoms with Gasteiger partial charge in [-0.15, -0.1) is 0 Å². The van der Waals surface area contributed by atoms with Crippen LogP contribution in [0.1, 0.15) is 194 Å². The molecule has 0 saturated carbocycles. The van der Waals surface area contributed by atoms with Gasteiger partial charge in [0.15, 0.2) is 0 Å². The molecule has 0 aromatic heterocycles. The fourth-order valence-corrected chi connectivity index (χ4v) is 4.90. The van der Waals surface area contributed by atoms with E-state index < -0.39 is 12.3 Å². The van der Waals surface area contributed by atoms with E-state index >= 15 is 0 Å². The van der Waals surface area contributed by atoms with Gasteiger partial charge < -0.3 is 14.9 Å². The molecular weight excluding hydrogens is 520 g/mol. The molecule has 0 rings (SSSR count). The van der Waals surface area contributed by atoms with Crippen LogP contribution in [-0.4, -0.2) is 35.7 Å². The topological polar surface area (TPSA) is 102 Å². The summed E-state index contributed by atoms with van der Waals surface area (Å²) < 4.78 is 3.08. The average molecular weight is 589 g/mol. The first-order valence-corrected chi connectivity index (χ1v) is 17.4. The minimum atomic E-state index is -1.81. The van der Waals surface area contributed by atoms with E-state index in [0.717, 1.165) is 26.1 Å². The Labute approximate surface area is 253 Å². The molecular formula is C34H68O7. The molecule has 0 bridgehead atoms. The molecule has 0 unspecified atom stereocenters. The van der Waals surface area contributed by atoms with Gasteiger partial charge in [-0.05, 0) is 12.8 Å². The van der Waals surface area contributed by atoms with Crippen LogP contribution in [-0.2, 0) is 14.5 Å². The molecule has 0 atom stereocenters. The van der Waals surface area contributed by atoms with Crippen LogP contribution in [0, 0.1) is 0 Å². The maximum absolute atomic E-state index is 9.21. The molecule has 41 heavy (non-hydrogen) atoms. The quantitative estimate of drug-likeness (QED) is 0.0273. The van der Waals surface area contributed by atoms with Crippen LogP contribution in [0.15, 0.2) is 0 Å². The average Bonchev–Trinajstić information content (AvgIpc) is 2.93. The summed E-state index contributed by atoms with van der Waals surface area (Å²) in [5.41, 5.74) is 0. The Morgan fingerprint density at radius 2 is 0.561 bits per heavy atom. The molecule has 7 nitrogen and oxygen atoms in total. The number of carboxylic acid groups (broad SMARTS) is 2. The summed E-state index contributed by atoms with van der Waals surface area (Å²) >= 11 is 0. The van der Waals surface area contributed by atoms with Crippen LogP contribution in [0.25, 0.3) is 0 Å². The highest BCUT2D eigenvalue weighted by atomic mass is 17.2. The van der Waals surface area contributed by atoms with Crippen LogP contribution >= 0.6 is 0 Å². The van der Waals surface area contributed by atoms with E-state index in [2.05, 4.69) is 18.6 Å². The standard InChI is InChI=1S/C32H66O2.C2H2O5/c1-3-5-7-9-11-13-15-17-19-21-23-25-27-29-31-33-34-32-30-28-26-24-22-20-18-16-14-12-10-8-6-4-2;3-1(4)7-2(5)6/h3-32H2,1-2H3;(H,3,4)(H,5,6). The number of unbranched alkanes of at least 4 members (excludes halogenated alkanes) is 26. The summed E-state index contributed by atoms with van der Waals surface area (Å²) in [5.74, 6) is 0. The van der Waals surface area contributed by atoms with Crippen molar-refractivity contribution in [3.8, 4) is 0 Å². The predicted octanol–water partition coefficient (Wildman–Crippen LogP) is 12.3. The third-order valence-electron chi connectivity index (χ3n) is 7.42. The molecule has 0 amide bonds. The van der Waals surface area contributed by atoms with E-state index in [1.807, 2.05) is 0 Å². The highest BCUT2D eigenvalue weighted by Crippen LogP contribution is 2.14. The lowest BCUT2D eigenvalue weighted by atomic mass is 10.0. The van der Waals surface area contributed by atoms with Crippen LogP contribution in [0.5, 0.6) is 0 Å². The second-order valence-corrected chi connectivity index (χ2v) is 11.5. The third kappa shape index (κ3) is 45.9. The van der Waals surface area contributed by atoms with Gasteiger partial charge in [-0.1, -0.05) is 181 Å². The highest BCUT2D eigenvalue weighted by molar-refractivity contribution is 5.74. The van der Waals surface area contributed by atoms with Gasteiger partial charge in [0.25, 0.3) is 0 Å². The van der Waals surface area contributed by atoms with Crippen molar-refractivity contribution in [1.29, 1.82) is 0 Å². The Morgan fingerprint density at radius 3 is 0.732 bits per heavy atom. The number of carbonyl (C=O) groups is 2. The first-order chi connectivity index (χ1) is 20.0. The van der Waals surface area contributed by atoms with E-state index in [-0.39, 0.29) is 0 Å². The first kappa shape index (κ1) is 41.8. The number of hydrogen-bond donors (Lipinski definition) is 2. The molecule has 0 aliphatic heterocycles. The lowest BCUT2D eigenvalue weighted by Crippen LogP contribution is -2.05. The molecule has 0 aromatic carbocycles. The molecule has 0 aromatic rings. The number of hydrogen-bond acceptors (Lipinski definition) is 5. The Bertz CT molecular complexity index is 469. The van der Waals surface area contributed by atoms with Gasteiger partial charge in [-0.3, -0.25) is 0 Å². The molecule has 0 aliphatic rings. The van der Waals surface area contributed by atoms with E-state index in [4.69, 9.17) is 20.0 Å². The zero-order valence-corrected chi connectivity index (χ0v) is 27.1. The largest absolute Gasteiger partial charge is 0.516 e. The molecule has 0 heterocycles. The van der Waals surface area contributed by atoms with Crippen molar-refractivity contribution in [1.82, 2.24) is 0 Å². The highest BCUT2D eigenvalue weighted by Gasteiger charge is 2.01.